The number of nitrogens with zero attached hydrogens (tertiary/aromatic N) is 3. The van der Waals surface area contributed by atoms with Crippen molar-refractivity contribution in [3.8, 4) is 11.8 Å². The van der Waals surface area contributed by atoms with Crippen LogP contribution in [0, 0.1) is 0 Å². The Balaban J connectivity index is 2.74. The van der Waals surface area contributed by atoms with E-state index in [2.05, 4.69) is 9.97 Å². The van der Waals surface area contributed by atoms with E-state index in [1.165, 1.54) is 25.7 Å². The molecule has 0 fully saturated rings. The third kappa shape index (κ3) is 1.88. The van der Waals surface area contributed by atoms with E-state index in [-0.39, 0.29) is 6.61 Å². The zero-order valence-corrected chi connectivity index (χ0v) is 10.3. The Kier molecular flexibility index (Phi) is 3.42. The first-order valence-corrected chi connectivity index (χ1v) is 5.19. The zero-order valence-electron chi connectivity index (χ0n) is 10.3. The minimum Gasteiger partial charge on any atom is -0.482 e. The first kappa shape index (κ1) is 12.3. The van der Waals surface area contributed by atoms with Crippen molar-refractivity contribution < 1.29 is 19.0 Å². The standard InChI is InChI=1S/C11H13N3O4/c1-16-6-7-8(5-15)14-10(18-3)4-9(17-2)13-11(14)12-7/h4-5H,6H2,1-3H3. The van der Waals surface area contributed by atoms with Crippen molar-refractivity contribution in [2.45, 2.75) is 6.61 Å². The average molecular weight is 251 g/mol. The lowest BCUT2D eigenvalue weighted by molar-refractivity contribution is 0.111. The topological polar surface area (TPSA) is 75.0 Å². The van der Waals surface area contributed by atoms with Crippen LogP contribution in [0.2, 0.25) is 0 Å². The second-order valence-corrected chi connectivity index (χ2v) is 3.47. The monoisotopic (exact) mass is 251 g/mol. The molecule has 0 spiro atoms. The van der Waals surface area contributed by atoms with Gasteiger partial charge in [-0.25, -0.2) is 9.38 Å². The molecule has 2 aromatic rings. The number of carbonyl (C=O) groups is 1. The molecule has 2 aromatic heterocycles. The maximum Gasteiger partial charge on any atom is 0.240 e. The van der Waals surface area contributed by atoms with Crippen molar-refractivity contribution in [2.24, 2.45) is 0 Å². The Bertz CT molecular complexity index is 579. The van der Waals surface area contributed by atoms with Crippen molar-refractivity contribution in [3.05, 3.63) is 17.5 Å². The Morgan fingerprint density at radius 2 is 2.06 bits per heavy atom. The molecule has 0 aliphatic rings. The number of ether oxygens (including phenoxy) is 3. The highest BCUT2D eigenvalue weighted by Crippen LogP contribution is 2.22. The van der Waals surface area contributed by atoms with E-state index in [0.29, 0.717) is 35.2 Å². The van der Waals surface area contributed by atoms with Gasteiger partial charge in [0.2, 0.25) is 17.5 Å². The van der Waals surface area contributed by atoms with Gasteiger partial charge in [-0.3, -0.25) is 4.79 Å². The second-order valence-electron chi connectivity index (χ2n) is 3.47. The number of methoxy groups -OCH3 is 3. The zero-order chi connectivity index (χ0) is 13.1. The molecule has 0 saturated carbocycles. The summed E-state index contributed by atoms with van der Waals surface area (Å²) in [5, 5.41) is 0. The molecule has 0 saturated heterocycles. The van der Waals surface area contributed by atoms with Gasteiger partial charge >= 0.3 is 0 Å². The molecular weight excluding hydrogens is 238 g/mol. The maximum absolute atomic E-state index is 11.2. The molecule has 0 aliphatic carbocycles. The van der Waals surface area contributed by atoms with Gasteiger partial charge in [-0.2, -0.15) is 4.98 Å². The molecule has 0 aliphatic heterocycles. The number of carbonyl (C=O) groups excluding carboxylic acids is 1. The van der Waals surface area contributed by atoms with Crippen LogP contribution in [0.15, 0.2) is 6.07 Å². The Labute approximate surface area is 103 Å². The minimum atomic E-state index is 0.225. The fourth-order valence-electron chi connectivity index (χ4n) is 1.68. The number of hydrogen-bond acceptors (Lipinski definition) is 6. The minimum absolute atomic E-state index is 0.225. The lowest BCUT2D eigenvalue weighted by Gasteiger charge is -2.06. The van der Waals surface area contributed by atoms with Crippen LogP contribution in [0.1, 0.15) is 16.2 Å². The lowest BCUT2D eigenvalue weighted by Crippen LogP contribution is -2.02. The largest absolute Gasteiger partial charge is 0.482 e. The normalized spacial score (nSPS) is 10.6. The fourth-order valence-corrected chi connectivity index (χ4v) is 1.68. The Hall–Kier alpha value is -2.15. The summed E-state index contributed by atoms with van der Waals surface area (Å²) in [7, 11) is 4.53. The second kappa shape index (κ2) is 5.01. The summed E-state index contributed by atoms with van der Waals surface area (Å²) in [4.78, 5) is 19.5. The third-order valence-electron chi connectivity index (χ3n) is 2.46. The van der Waals surface area contributed by atoms with Gasteiger partial charge in [0.1, 0.15) is 5.69 Å². The van der Waals surface area contributed by atoms with Crippen molar-refractivity contribution in [2.75, 3.05) is 21.3 Å². The van der Waals surface area contributed by atoms with Crippen molar-refractivity contribution >= 4 is 12.1 Å². The van der Waals surface area contributed by atoms with E-state index in [9.17, 15) is 4.79 Å². The highest BCUT2D eigenvalue weighted by molar-refractivity contribution is 5.76. The number of imidazole rings is 1. The first-order chi connectivity index (χ1) is 8.74. The Morgan fingerprint density at radius 1 is 1.28 bits per heavy atom. The van der Waals surface area contributed by atoms with Crippen LogP contribution in [-0.2, 0) is 11.3 Å². The van der Waals surface area contributed by atoms with Crippen LogP contribution in [0.3, 0.4) is 0 Å². The molecule has 0 atom stereocenters. The van der Waals surface area contributed by atoms with E-state index >= 15 is 0 Å². The highest BCUT2D eigenvalue weighted by Gasteiger charge is 2.17. The van der Waals surface area contributed by atoms with Crippen LogP contribution < -0.4 is 9.47 Å². The number of aromatic nitrogens is 3. The lowest BCUT2D eigenvalue weighted by atomic mass is 10.3. The van der Waals surface area contributed by atoms with E-state index in [0.717, 1.165) is 0 Å². The molecule has 0 radical (unpaired) electrons. The molecule has 2 rings (SSSR count). The molecule has 0 bridgehead atoms. The van der Waals surface area contributed by atoms with Crippen molar-refractivity contribution in [1.29, 1.82) is 0 Å². The Morgan fingerprint density at radius 3 is 2.61 bits per heavy atom. The number of hydrogen-bond donors (Lipinski definition) is 0. The molecule has 0 unspecified atom stereocenters. The predicted molar refractivity (Wildman–Crippen MR) is 62.2 cm³/mol. The van der Waals surface area contributed by atoms with Crippen molar-refractivity contribution in [3.63, 3.8) is 0 Å². The maximum atomic E-state index is 11.2. The summed E-state index contributed by atoms with van der Waals surface area (Å²) in [6, 6.07) is 1.58. The number of aldehydes is 1. The average Bonchev–Trinajstić information content (AvgIpc) is 2.75. The molecule has 0 N–H and O–H groups in total. The van der Waals surface area contributed by atoms with Gasteiger partial charge in [0.05, 0.1) is 32.6 Å². The molecule has 7 heteroatoms. The summed E-state index contributed by atoms with van der Waals surface area (Å²) < 4.78 is 16.8. The summed E-state index contributed by atoms with van der Waals surface area (Å²) in [5.41, 5.74) is 0.866. The van der Waals surface area contributed by atoms with Gasteiger partial charge in [-0.1, -0.05) is 0 Å². The van der Waals surface area contributed by atoms with Crippen molar-refractivity contribution in [1.82, 2.24) is 14.4 Å². The van der Waals surface area contributed by atoms with Gasteiger partial charge in [0, 0.05) is 7.11 Å². The predicted octanol–water partition coefficient (Wildman–Crippen LogP) is 0.705. The first-order valence-electron chi connectivity index (χ1n) is 5.19. The van der Waals surface area contributed by atoms with Crippen LogP contribution in [0.4, 0.5) is 0 Å². The fraction of sp³-hybridized carbons (Fsp3) is 0.364. The summed E-state index contributed by atoms with van der Waals surface area (Å²) in [5.74, 6) is 1.12. The van der Waals surface area contributed by atoms with E-state index < -0.39 is 0 Å². The third-order valence-corrected chi connectivity index (χ3v) is 2.46. The van der Waals surface area contributed by atoms with Crippen LogP contribution in [0.25, 0.3) is 5.78 Å². The molecule has 0 amide bonds. The molecule has 18 heavy (non-hydrogen) atoms. The smallest absolute Gasteiger partial charge is 0.240 e. The molecule has 7 nitrogen and oxygen atoms in total. The molecule has 0 aromatic carbocycles. The quantitative estimate of drug-likeness (QED) is 0.728. The highest BCUT2D eigenvalue weighted by atomic mass is 16.5. The van der Waals surface area contributed by atoms with Gasteiger partial charge in [-0.15, -0.1) is 0 Å². The van der Waals surface area contributed by atoms with Crippen LogP contribution in [0.5, 0.6) is 11.8 Å². The van der Waals surface area contributed by atoms with E-state index in [1.807, 2.05) is 0 Å². The van der Waals surface area contributed by atoms with Gasteiger partial charge in [-0.05, 0) is 0 Å². The van der Waals surface area contributed by atoms with Crippen LogP contribution in [-0.4, -0.2) is 42.0 Å². The molecule has 2 heterocycles. The molecule has 96 valence electrons. The summed E-state index contributed by atoms with van der Waals surface area (Å²) in [6.45, 7) is 0.225. The van der Waals surface area contributed by atoms with Gasteiger partial charge in [0.25, 0.3) is 0 Å². The molecular formula is C11H13N3O4. The SMILES string of the molecule is COCc1nc2nc(OC)cc(OC)n2c1C=O. The summed E-state index contributed by atoms with van der Waals surface area (Å²) >= 11 is 0. The van der Waals surface area contributed by atoms with E-state index in [4.69, 9.17) is 14.2 Å². The van der Waals surface area contributed by atoms with Crippen LogP contribution >= 0.6 is 0 Å². The van der Waals surface area contributed by atoms with E-state index in [1.54, 1.807) is 6.07 Å². The number of fused-ring (bicyclic) bond motifs is 1. The van der Waals surface area contributed by atoms with Gasteiger partial charge in [0.15, 0.2) is 6.29 Å². The number of rotatable bonds is 5. The van der Waals surface area contributed by atoms with Gasteiger partial charge < -0.3 is 14.2 Å². The summed E-state index contributed by atoms with van der Waals surface area (Å²) in [6.07, 6.45) is 0.699.